The van der Waals surface area contributed by atoms with Gasteiger partial charge in [0.15, 0.2) is 17.2 Å². The number of aryl methyl sites for hydroxylation is 2. The van der Waals surface area contributed by atoms with Crippen LogP contribution in [0.5, 0.6) is 11.6 Å². The predicted octanol–water partition coefficient (Wildman–Crippen LogP) is 5.57. The van der Waals surface area contributed by atoms with Crippen molar-refractivity contribution in [1.29, 1.82) is 0 Å². The highest BCUT2D eigenvalue weighted by atomic mass is 19.1. The molecule has 0 atom stereocenters. The number of hydrogen-bond donors (Lipinski definition) is 2. The minimum Gasteiger partial charge on any atom is -0.435 e. The fraction of sp³-hybridized carbons (Fsp3) is 0.125. The molecule has 2 N–H and O–H groups in total. The smallest absolute Gasteiger partial charge is 0.261 e. The van der Waals surface area contributed by atoms with Crippen molar-refractivity contribution in [1.82, 2.24) is 19.1 Å². The Hall–Kier alpha value is -5.35. The van der Waals surface area contributed by atoms with Crippen LogP contribution in [0.1, 0.15) is 27.2 Å². The molecule has 0 aliphatic rings. The standard InChI is InChI=1S/C32H26FN5O4/c1-18-8-10-26-23(14-18)29(40)28(19(2)37(26)3)31(41)36-21-9-11-27(24(33)15-21)42-32-22-12-13-38(30(22)34-17-35-32)25-7-5-4-6-20(25)16-39/h4-15,17,39H,16H2,1-3H3,(H,36,41). The number of carbonyl (C=O) groups is 1. The highest BCUT2D eigenvalue weighted by Crippen LogP contribution is 2.32. The van der Waals surface area contributed by atoms with Crippen molar-refractivity contribution < 1.29 is 19.0 Å². The SMILES string of the molecule is Cc1ccc2c(c1)c(=O)c(C(=O)Nc1ccc(Oc3ncnc4c3ccn4-c3ccccc3CO)c(F)c1)c(C)n2C. The van der Waals surface area contributed by atoms with Gasteiger partial charge in [0, 0.05) is 41.6 Å². The molecule has 10 heteroatoms. The maximum atomic E-state index is 15.2. The summed E-state index contributed by atoms with van der Waals surface area (Å²) in [6.45, 7) is 3.43. The molecule has 0 radical (unpaired) electrons. The zero-order chi connectivity index (χ0) is 29.5. The number of benzene rings is 3. The maximum absolute atomic E-state index is 15.2. The maximum Gasteiger partial charge on any atom is 0.261 e. The summed E-state index contributed by atoms with van der Waals surface area (Å²) in [5.41, 5.74) is 3.87. The second-order valence-electron chi connectivity index (χ2n) is 9.96. The third kappa shape index (κ3) is 4.57. The van der Waals surface area contributed by atoms with Crippen LogP contribution in [0.25, 0.3) is 27.6 Å². The summed E-state index contributed by atoms with van der Waals surface area (Å²) in [7, 11) is 1.79. The van der Waals surface area contributed by atoms with Crippen LogP contribution in [0.15, 0.2) is 84.0 Å². The second kappa shape index (κ2) is 10.6. The average molecular weight is 564 g/mol. The highest BCUT2D eigenvalue weighted by molar-refractivity contribution is 6.06. The van der Waals surface area contributed by atoms with Gasteiger partial charge >= 0.3 is 0 Å². The van der Waals surface area contributed by atoms with Gasteiger partial charge < -0.3 is 24.3 Å². The molecule has 0 spiro atoms. The van der Waals surface area contributed by atoms with Gasteiger partial charge in [-0.05, 0) is 50.2 Å². The average Bonchev–Trinajstić information content (AvgIpc) is 3.42. The summed E-state index contributed by atoms with van der Waals surface area (Å²) < 4.78 is 24.6. The Kier molecular flexibility index (Phi) is 6.75. The van der Waals surface area contributed by atoms with Crippen LogP contribution in [0.2, 0.25) is 0 Å². The van der Waals surface area contributed by atoms with Crippen LogP contribution >= 0.6 is 0 Å². The number of pyridine rings is 1. The third-order valence-electron chi connectivity index (χ3n) is 7.34. The van der Waals surface area contributed by atoms with Gasteiger partial charge in [-0.25, -0.2) is 14.4 Å². The largest absolute Gasteiger partial charge is 0.435 e. The molecule has 9 nitrogen and oxygen atoms in total. The fourth-order valence-electron chi connectivity index (χ4n) is 5.08. The van der Waals surface area contributed by atoms with Crippen LogP contribution < -0.4 is 15.5 Å². The number of hydrogen-bond acceptors (Lipinski definition) is 6. The summed E-state index contributed by atoms with van der Waals surface area (Å²) in [5, 5.41) is 13.4. The van der Waals surface area contributed by atoms with Gasteiger partial charge in [0.2, 0.25) is 11.3 Å². The molecule has 210 valence electrons. The van der Waals surface area contributed by atoms with Crippen molar-refractivity contribution in [3.05, 3.63) is 118 Å². The Bertz CT molecular complexity index is 2080. The van der Waals surface area contributed by atoms with Gasteiger partial charge in [0.05, 0.1) is 23.2 Å². The number of aromatic nitrogens is 4. The lowest BCUT2D eigenvalue weighted by Crippen LogP contribution is -2.26. The van der Waals surface area contributed by atoms with E-state index in [0.717, 1.165) is 22.8 Å². The van der Waals surface area contributed by atoms with Gasteiger partial charge in [0.25, 0.3) is 5.91 Å². The van der Waals surface area contributed by atoms with Crippen molar-refractivity contribution in [3.8, 4) is 17.3 Å². The van der Waals surface area contributed by atoms with Crippen LogP contribution in [0.3, 0.4) is 0 Å². The Balaban J connectivity index is 1.28. The molecule has 0 bridgehead atoms. The van der Waals surface area contributed by atoms with Crippen molar-refractivity contribution >= 4 is 33.5 Å². The molecule has 0 fully saturated rings. The van der Waals surface area contributed by atoms with Crippen LogP contribution in [0, 0.1) is 19.7 Å². The second-order valence-corrected chi connectivity index (χ2v) is 9.96. The lowest BCUT2D eigenvalue weighted by molar-refractivity contribution is 0.102. The first-order valence-corrected chi connectivity index (χ1v) is 13.2. The number of para-hydroxylation sites is 1. The van der Waals surface area contributed by atoms with Gasteiger partial charge in [-0.2, -0.15) is 0 Å². The number of fused-ring (bicyclic) bond motifs is 2. The molecule has 3 aromatic carbocycles. The molecule has 0 aliphatic carbocycles. The lowest BCUT2D eigenvalue weighted by atomic mass is 10.1. The van der Waals surface area contributed by atoms with Gasteiger partial charge in [-0.1, -0.05) is 29.8 Å². The van der Waals surface area contributed by atoms with E-state index in [1.807, 2.05) is 43.3 Å². The lowest BCUT2D eigenvalue weighted by Gasteiger charge is -2.15. The molecule has 0 saturated heterocycles. The van der Waals surface area contributed by atoms with Crippen molar-refractivity contribution in [2.45, 2.75) is 20.5 Å². The number of rotatable bonds is 6. The summed E-state index contributed by atoms with van der Waals surface area (Å²) in [6, 6.07) is 18.6. The van der Waals surface area contributed by atoms with Crippen LogP contribution in [0.4, 0.5) is 10.1 Å². The summed E-state index contributed by atoms with van der Waals surface area (Å²) in [5.74, 6) is -1.33. The Labute approximate surface area is 239 Å². The first kappa shape index (κ1) is 26.9. The summed E-state index contributed by atoms with van der Waals surface area (Å²) in [6.07, 6.45) is 3.09. The first-order valence-electron chi connectivity index (χ1n) is 13.2. The van der Waals surface area contributed by atoms with Crippen molar-refractivity contribution in [2.75, 3.05) is 5.32 Å². The molecule has 0 aliphatic heterocycles. The van der Waals surface area contributed by atoms with E-state index in [-0.39, 0.29) is 34.9 Å². The number of amides is 1. The van der Waals surface area contributed by atoms with E-state index in [0.29, 0.717) is 27.7 Å². The van der Waals surface area contributed by atoms with Gasteiger partial charge in [0.1, 0.15) is 11.9 Å². The summed E-state index contributed by atoms with van der Waals surface area (Å²) in [4.78, 5) is 35.0. The monoisotopic (exact) mass is 563 g/mol. The van der Waals surface area contributed by atoms with Gasteiger partial charge in [-0.15, -0.1) is 0 Å². The van der Waals surface area contributed by atoms with E-state index in [1.165, 1.54) is 18.5 Å². The van der Waals surface area contributed by atoms with Crippen LogP contribution in [-0.4, -0.2) is 30.1 Å². The number of aliphatic hydroxyl groups excluding tert-OH is 1. The van der Waals surface area contributed by atoms with Gasteiger partial charge in [-0.3, -0.25) is 9.59 Å². The van der Waals surface area contributed by atoms with E-state index in [1.54, 1.807) is 41.4 Å². The Morgan fingerprint density at radius 3 is 2.62 bits per heavy atom. The minimum atomic E-state index is -0.733. The quantitative estimate of drug-likeness (QED) is 0.274. The predicted molar refractivity (Wildman–Crippen MR) is 158 cm³/mol. The molecule has 6 aromatic rings. The topological polar surface area (TPSA) is 111 Å². The number of nitrogens with zero attached hydrogens (tertiary/aromatic N) is 4. The van der Waals surface area contributed by atoms with E-state index in [4.69, 9.17) is 4.74 Å². The molecule has 0 saturated carbocycles. The first-order chi connectivity index (χ1) is 20.3. The summed E-state index contributed by atoms with van der Waals surface area (Å²) >= 11 is 0. The number of nitrogens with one attached hydrogen (secondary N) is 1. The van der Waals surface area contributed by atoms with Crippen molar-refractivity contribution in [3.63, 3.8) is 0 Å². The highest BCUT2D eigenvalue weighted by Gasteiger charge is 2.20. The molecule has 1 amide bonds. The third-order valence-corrected chi connectivity index (χ3v) is 7.34. The number of anilines is 1. The minimum absolute atomic E-state index is 0.00741. The Morgan fingerprint density at radius 1 is 1.02 bits per heavy atom. The number of halogens is 1. The molecular weight excluding hydrogens is 537 g/mol. The van der Waals surface area contributed by atoms with E-state index in [2.05, 4.69) is 15.3 Å². The number of carbonyl (C=O) groups excluding carboxylic acids is 1. The number of ether oxygens (including phenoxy) is 1. The number of aliphatic hydroxyl groups is 1. The molecule has 3 aromatic heterocycles. The van der Waals surface area contributed by atoms with Crippen LogP contribution in [-0.2, 0) is 13.7 Å². The zero-order valence-electron chi connectivity index (χ0n) is 23.1. The van der Waals surface area contributed by atoms with E-state index in [9.17, 15) is 14.7 Å². The molecule has 6 rings (SSSR count). The van der Waals surface area contributed by atoms with E-state index < -0.39 is 11.7 Å². The van der Waals surface area contributed by atoms with E-state index >= 15 is 4.39 Å². The normalized spacial score (nSPS) is 11.3. The van der Waals surface area contributed by atoms with Crippen molar-refractivity contribution in [2.24, 2.45) is 7.05 Å². The molecule has 3 heterocycles. The zero-order valence-corrected chi connectivity index (χ0v) is 23.1. The Morgan fingerprint density at radius 2 is 1.83 bits per heavy atom. The fourth-order valence-corrected chi connectivity index (χ4v) is 5.08. The molecular formula is C32H26FN5O4. The molecule has 42 heavy (non-hydrogen) atoms. The molecule has 0 unspecified atom stereocenters.